The van der Waals surface area contributed by atoms with Gasteiger partial charge in [-0.05, 0) is 39.5 Å². The summed E-state index contributed by atoms with van der Waals surface area (Å²) in [7, 11) is 0. The van der Waals surface area contributed by atoms with E-state index in [0.717, 1.165) is 38.5 Å². The summed E-state index contributed by atoms with van der Waals surface area (Å²) in [4.78, 5) is 22.5. The molecule has 1 heterocycles. The predicted molar refractivity (Wildman–Crippen MR) is 119 cm³/mol. The van der Waals surface area contributed by atoms with Crippen molar-refractivity contribution in [1.82, 2.24) is 0 Å². The zero-order valence-corrected chi connectivity index (χ0v) is 19.1. The molecule has 5 atom stereocenters. The molecule has 1 aliphatic carbocycles. The van der Waals surface area contributed by atoms with Gasteiger partial charge in [-0.15, -0.1) is 0 Å². The van der Waals surface area contributed by atoms with Crippen LogP contribution in [0.25, 0.3) is 0 Å². The Morgan fingerprint density at radius 2 is 1.87 bits per heavy atom. The lowest BCUT2D eigenvalue weighted by Gasteiger charge is -2.27. The number of unbranched alkanes of at least 4 members (excludes halogenated alkanes) is 5. The molecule has 0 aromatic heterocycles. The van der Waals surface area contributed by atoms with Crippen molar-refractivity contribution in [1.29, 1.82) is 0 Å². The van der Waals surface area contributed by atoms with Gasteiger partial charge in [0.15, 0.2) is 0 Å². The summed E-state index contributed by atoms with van der Waals surface area (Å²) in [5, 5.41) is 10.3. The molecule has 1 N–H and O–H groups in total. The molecule has 2 rings (SSSR count). The van der Waals surface area contributed by atoms with Crippen LogP contribution in [0.4, 0.5) is 0 Å². The molecule has 5 nitrogen and oxygen atoms in total. The third-order valence-electron chi connectivity index (χ3n) is 6.02. The monoisotopic (exact) mass is 422 g/mol. The van der Waals surface area contributed by atoms with E-state index >= 15 is 0 Å². The molecule has 172 valence electrons. The van der Waals surface area contributed by atoms with Gasteiger partial charge >= 0.3 is 5.97 Å². The Balaban J connectivity index is 1.69. The Bertz CT molecular complexity index is 542. The van der Waals surface area contributed by atoms with E-state index in [1.54, 1.807) is 0 Å². The highest BCUT2D eigenvalue weighted by Crippen LogP contribution is 2.44. The van der Waals surface area contributed by atoms with Crippen LogP contribution in [0, 0.1) is 11.8 Å². The number of fused-ring (bicyclic) bond motifs is 2. The molecule has 2 fully saturated rings. The maximum absolute atomic E-state index is 11.6. The maximum atomic E-state index is 11.6. The first-order valence-electron chi connectivity index (χ1n) is 12.0. The van der Waals surface area contributed by atoms with Gasteiger partial charge in [-0.1, -0.05) is 63.3 Å². The van der Waals surface area contributed by atoms with Crippen molar-refractivity contribution >= 4 is 5.97 Å². The molecular weight excluding hydrogens is 380 g/mol. The molecule has 30 heavy (non-hydrogen) atoms. The highest BCUT2D eigenvalue weighted by Gasteiger charge is 2.49. The Morgan fingerprint density at radius 3 is 2.63 bits per heavy atom. The molecule has 5 heteroatoms. The van der Waals surface area contributed by atoms with E-state index in [-0.39, 0.29) is 30.4 Å². The molecular formula is C25H42O5. The highest BCUT2D eigenvalue weighted by atomic mass is 17.2. The quantitative estimate of drug-likeness (QED) is 0.159. The minimum Gasteiger partial charge on any atom is -0.463 e. The van der Waals surface area contributed by atoms with Crippen LogP contribution < -0.4 is 0 Å². The van der Waals surface area contributed by atoms with Crippen LogP contribution in [-0.4, -0.2) is 35.5 Å². The van der Waals surface area contributed by atoms with E-state index in [1.807, 2.05) is 19.9 Å². The van der Waals surface area contributed by atoms with Gasteiger partial charge < -0.3 is 9.84 Å². The minimum atomic E-state index is -0.367. The summed E-state index contributed by atoms with van der Waals surface area (Å²) < 4.78 is 5.15. The Labute approximate surface area is 182 Å². The number of hydrogen-bond donors (Lipinski definition) is 1. The Morgan fingerprint density at radius 1 is 1.10 bits per heavy atom. The third kappa shape index (κ3) is 8.91. The van der Waals surface area contributed by atoms with Gasteiger partial charge in [0.1, 0.15) is 6.10 Å². The van der Waals surface area contributed by atoms with E-state index in [2.05, 4.69) is 25.2 Å². The molecule has 0 spiro atoms. The minimum absolute atomic E-state index is 0.0439. The van der Waals surface area contributed by atoms with E-state index in [4.69, 9.17) is 14.5 Å². The molecule has 0 aromatic carbocycles. The number of carbonyl (C=O) groups is 1. The van der Waals surface area contributed by atoms with Crippen LogP contribution in [0.3, 0.4) is 0 Å². The smallest absolute Gasteiger partial charge is 0.306 e. The summed E-state index contributed by atoms with van der Waals surface area (Å²) in [6.07, 6.45) is 19.2. The van der Waals surface area contributed by atoms with Crippen LogP contribution in [0.1, 0.15) is 91.4 Å². The zero-order chi connectivity index (χ0) is 21.8. The van der Waals surface area contributed by atoms with Crippen molar-refractivity contribution in [2.45, 2.75) is 116 Å². The van der Waals surface area contributed by atoms with E-state index < -0.39 is 0 Å². The van der Waals surface area contributed by atoms with Crippen LogP contribution in [0.2, 0.25) is 0 Å². The Hall–Kier alpha value is -1.17. The van der Waals surface area contributed by atoms with Crippen LogP contribution in [0.5, 0.6) is 0 Å². The third-order valence-corrected chi connectivity index (χ3v) is 6.02. The van der Waals surface area contributed by atoms with E-state index in [0.29, 0.717) is 18.3 Å². The van der Waals surface area contributed by atoms with Crippen molar-refractivity contribution in [3.63, 3.8) is 0 Å². The second kappa shape index (κ2) is 14.0. The van der Waals surface area contributed by atoms with Gasteiger partial charge in [0.25, 0.3) is 0 Å². The SMILES string of the molecule is CCCCCCCC(O)/C=C/C1C2CC(OO2)C1C/C=C/CCCC(=O)OC(C)C. The van der Waals surface area contributed by atoms with Gasteiger partial charge in [-0.2, -0.15) is 0 Å². The number of aliphatic hydroxyl groups is 1. The molecule has 1 saturated heterocycles. The zero-order valence-electron chi connectivity index (χ0n) is 19.1. The average molecular weight is 423 g/mol. The van der Waals surface area contributed by atoms with Gasteiger partial charge in [0.05, 0.1) is 18.3 Å². The summed E-state index contributed by atoms with van der Waals surface area (Å²) in [5.41, 5.74) is 0. The normalized spacial score (nSPS) is 27.0. The number of carbonyl (C=O) groups excluding carboxylic acids is 1. The van der Waals surface area contributed by atoms with Gasteiger partial charge in [0.2, 0.25) is 0 Å². The first-order valence-corrected chi connectivity index (χ1v) is 12.0. The first kappa shape index (κ1) is 25.1. The second-order valence-corrected chi connectivity index (χ2v) is 9.04. The number of ether oxygens (including phenoxy) is 1. The molecule has 1 aliphatic heterocycles. The topological polar surface area (TPSA) is 65.0 Å². The molecule has 2 aliphatic rings. The summed E-state index contributed by atoms with van der Waals surface area (Å²) in [6.45, 7) is 5.96. The van der Waals surface area contributed by atoms with Crippen molar-refractivity contribution in [2.24, 2.45) is 11.8 Å². The van der Waals surface area contributed by atoms with Crippen molar-refractivity contribution in [3.05, 3.63) is 24.3 Å². The number of allylic oxidation sites excluding steroid dienone is 2. The van der Waals surface area contributed by atoms with Crippen molar-refractivity contribution in [2.75, 3.05) is 0 Å². The molecule has 1 saturated carbocycles. The molecule has 0 aromatic rings. The van der Waals surface area contributed by atoms with Crippen molar-refractivity contribution < 1.29 is 24.4 Å². The lowest BCUT2D eigenvalue weighted by atomic mass is 9.89. The molecule has 0 amide bonds. The Kier molecular flexibility index (Phi) is 11.7. The number of rotatable bonds is 15. The summed E-state index contributed by atoms with van der Waals surface area (Å²) in [5.74, 6) is 0.564. The maximum Gasteiger partial charge on any atom is 0.306 e. The van der Waals surface area contributed by atoms with E-state index in [9.17, 15) is 9.90 Å². The lowest BCUT2D eigenvalue weighted by Crippen LogP contribution is -2.28. The predicted octanol–water partition coefficient (Wildman–Crippen LogP) is 5.67. The van der Waals surface area contributed by atoms with Gasteiger partial charge in [-0.25, -0.2) is 9.78 Å². The van der Waals surface area contributed by atoms with Gasteiger partial charge in [0, 0.05) is 24.7 Å². The summed E-state index contributed by atoms with van der Waals surface area (Å²) >= 11 is 0. The van der Waals surface area contributed by atoms with Crippen LogP contribution in [0.15, 0.2) is 24.3 Å². The van der Waals surface area contributed by atoms with E-state index in [1.165, 1.54) is 25.7 Å². The van der Waals surface area contributed by atoms with Crippen LogP contribution >= 0.6 is 0 Å². The number of hydrogen-bond acceptors (Lipinski definition) is 5. The number of esters is 1. The second-order valence-electron chi connectivity index (χ2n) is 9.04. The molecule has 0 radical (unpaired) electrons. The molecule has 2 bridgehead atoms. The lowest BCUT2D eigenvalue weighted by molar-refractivity contribution is -0.336. The highest BCUT2D eigenvalue weighted by molar-refractivity contribution is 5.69. The fourth-order valence-corrected chi connectivity index (χ4v) is 4.38. The van der Waals surface area contributed by atoms with Crippen molar-refractivity contribution in [3.8, 4) is 0 Å². The summed E-state index contributed by atoms with van der Waals surface area (Å²) in [6, 6.07) is 0. The fraction of sp³-hybridized carbons (Fsp3) is 0.800. The molecule has 5 unspecified atom stereocenters. The standard InChI is InChI=1S/C25H42O5/c1-4-5-6-7-10-13-20(26)16-17-22-21(23-18-24(22)30-29-23)14-11-8-9-12-15-25(27)28-19(2)3/h8,11,16-17,19-24,26H,4-7,9-10,12-15,18H2,1-3H3/b11-8+,17-16+. The fourth-order valence-electron chi connectivity index (χ4n) is 4.38. The van der Waals surface area contributed by atoms with Gasteiger partial charge in [-0.3, -0.25) is 4.79 Å². The first-order chi connectivity index (χ1) is 14.5. The number of aliphatic hydroxyl groups excluding tert-OH is 1. The van der Waals surface area contributed by atoms with Crippen LogP contribution in [-0.2, 0) is 19.3 Å². The largest absolute Gasteiger partial charge is 0.463 e. The average Bonchev–Trinajstić information content (AvgIpc) is 3.30.